The summed E-state index contributed by atoms with van der Waals surface area (Å²) in [6.45, 7) is 0.595. The lowest BCUT2D eigenvalue weighted by atomic mass is 9.87. The van der Waals surface area contributed by atoms with Crippen LogP contribution in [-0.4, -0.2) is 31.6 Å². The molecule has 5 heteroatoms. The first-order chi connectivity index (χ1) is 15.1. The lowest BCUT2D eigenvalue weighted by molar-refractivity contribution is -0.133. The second-order valence-corrected chi connectivity index (χ2v) is 7.68. The number of hydrogen-bond acceptors (Lipinski definition) is 3. The summed E-state index contributed by atoms with van der Waals surface area (Å²) < 4.78 is 24.6. The first-order valence-corrected chi connectivity index (χ1v) is 10.4. The second kappa shape index (κ2) is 9.21. The van der Waals surface area contributed by atoms with Gasteiger partial charge in [0.2, 0.25) is 5.91 Å². The van der Waals surface area contributed by atoms with Crippen LogP contribution in [0.25, 0.3) is 0 Å². The zero-order chi connectivity index (χ0) is 21.8. The van der Waals surface area contributed by atoms with E-state index in [1.165, 1.54) is 12.1 Å². The van der Waals surface area contributed by atoms with Crippen molar-refractivity contribution in [3.05, 3.63) is 94.8 Å². The fraction of sp³-hybridized carbons (Fsp3) is 0.269. The standard InChI is InChI=1S/C26H26FNO3/c1-30-23-16-20-14-15-28(25(29)13-8-18-6-4-3-5-7-18)26(22(20)17-24(23)31-2)19-9-11-21(27)12-10-19/h3-7,9-12,16-17,26H,8,13-15H2,1-2H3. The molecule has 0 aromatic heterocycles. The molecule has 31 heavy (non-hydrogen) atoms. The fourth-order valence-corrected chi connectivity index (χ4v) is 4.26. The molecule has 0 aliphatic carbocycles. The maximum atomic E-state index is 13.6. The predicted octanol–water partition coefficient (Wildman–Crippen LogP) is 4.95. The Morgan fingerprint density at radius 2 is 1.68 bits per heavy atom. The van der Waals surface area contributed by atoms with Gasteiger partial charge in [-0.05, 0) is 59.4 Å². The van der Waals surface area contributed by atoms with E-state index in [-0.39, 0.29) is 17.8 Å². The molecule has 0 radical (unpaired) electrons. The quantitative estimate of drug-likeness (QED) is 0.568. The van der Waals surface area contributed by atoms with E-state index in [0.717, 1.165) is 28.7 Å². The summed E-state index contributed by atoms with van der Waals surface area (Å²) in [5.74, 6) is 1.07. The normalized spacial score (nSPS) is 15.3. The van der Waals surface area contributed by atoms with Crippen LogP contribution in [0.3, 0.4) is 0 Å². The average molecular weight is 419 g/mol. The van der Waals surface area contributed by atoms with Gasteiger partial charge < -0.3 is 14.4 Å². The van der Waals surface area contributed by atoms with Crippen LogP contribution in [0.15, 0.2) is 66.7 Å². The van der Waals surface area contributed by atoms with Crippen molar-refractivity contribution < 1.29 is 18.7 Å². The van der Waals surface area contributed by atoms with E-state index in [0.29, 0.717) is 30.9 Å². The zero-order valence-electron chi connectivity index (χ0n) is 17.8. The minimum atomic E-state index is -0.299. The Bertz CT molecular complexity index is 1050. The molecule has 0 fully saturated rings. The van der Waals surface area contributed by atoms with Crippen LogP contribution in [0.4, 0.5) is 4.39 Å². The summed E-state index contributed by atoms with van der Waals surface area (Å²) in [7, 11) is 3.21. The van der Waals surface area contributed by atoms with Gasteiger partial charge in [0.15, 0.2) is 11.5 Å². The van der Waals surface area contributed by atoms with Gasteiger partial charge in [-0.2, -0.15) is 0 Å². The van der Waals surface area contributed by atoms with E-state index < -0.39 is 0 Å². The van der Waals surface area contributed by atoms with Crippen molar-refractivity contribution in [2.24, 2.45) is 0 Å². The van der Waals surface area contributed by atoms with Crippen LogP contribution in [0, 0.1) is 5.82 Å². The summed E-state index contributed by atoms with van der Waals surface area (Å²) >= 11 is 0. The molecule has 1 aliphatic heterocycles. The number of amides is 1. The molecule has 1 unspecified atom stereocenters. The van der Waals surface area contributed by atoms with E-state index in [9.17, 15) is 9.18 Å². The fourth-order valence-electron chi connectivity index (χ4n) is 4.26. The summed E-state index contributed by atoms with van der Waals surface area (Å²) in [4.78, 5) is 15.2. The molecular weight excluding hydrogens is 393 g/mol. The lowest BCUT2D eigenvalue weighted by Crippen LogP contribution is -2.40. The van der Waals surface area contributed by atoms with Gasteiger partial charge in [0.1, 0.15) is 5.82 Å². The third-order valence-corrected chi connectivity index (χ3v) is 5.85. The number of benzene rings is 3. The number of rotatable bonds is 6. The Kier molecular flexibility index (Phi) is 6.21. The molecule has 0 spiro atoms. The second-order valence-electron chi connectivity index (χ2n) is 7.68. The highest BCUT2D eigenvalue weighted by atomic mass is 19.1. The maximum Gasteiger partial charge on any atom is 0.223 e. The molecule has 1 aliphatic rings. The van der Waals surface area contributed by atoms with E-state index in [2.05, 4.69) is 0 Å². The number of carbonyl (C=O) groups excluding carboxylic acids is 1. The van der Waals surface area contributed by atoms with Crippen molar-refractivity contribution in [1.29, 1.82) is 0 Å². The van der Waals surface area contributed by atoms with E-state index in [1.807, 2.05) is 47.4 Å². The molecule has 4 nitrogen and oxygen atoms in total. The molecule has 1 atom stereocenters. The SMILES string of the molecule is COc1cc2c(cc1OC)C(c1ccc(F)cc1)N(C(=O)CCc1ccccc1)CC2. The highest BCUT2D eigenvalue weighted by Crippen LogP contribution is 2.41. The van der Waals surface area contributed by atoms with Crippen LogP contribution in [0.5, 0.6) is 11.5 Å². The Hall–Kier alpha value is -3.34. The van der Waals surface area contributed by atoms with Crippen molar-refractivity contribution >= 4 is 5.91 Å². The van der Waals surface area contributed by atoms with Crippen molar-refractivity contribution in [3.63, 3.8) is 0 Å². The first-order valence-electron chi connectivity index (χ1n) is 10.4. The van der Waals surface area contributed by atoms with Gasteiger partial charge in [-0.15, -0.1) is 0 Å². The maximum absolute atomic E-state index is 13.6. The Labute approximate surface area is 182 Å². The smallest absolute Gasteiger partial charge is 0.223 e. The third kappa shape index (κ3) is 4.41. The van der Waals surface area contributed by atoms with Crippen molar-refractivity contribution in [2.75, 3.05) is 20.8 Å². The first kappa shape index (κ1) is 20.9. The minimum absolute atomic E-state index is 0.0820. The molecule has 1 heterocycles. The summed E-state index contributed by atoms with van der Waals surface area (Å²) in [6, 6.07) is 20.0. The van der Waals surface area contributed by atoms with Gasteiger partial charge in [0.25, 0.3) is 0 Å². The van der Waals surface area contributed by atoms with Gasteiger partial charge in [-0.1, -0.05) is 42.5 Å². The number of aryl methyl sites for hydroxylation is 1. The van der Waals surface area contributed by atoms with Gasteiger partial charge in [-0.3, -0.25) is 4.79 Å². The highest BCUT2D eigenvalue weighted by Gasteiger charge is 2.33. The number of hydrogen-bond donors (Lipinski definition) is 0. The van der Waals surface area contributed by atoms with Crippen LogP contribution in [0.1, 0.15) is 34.7 Å². The Morgan fingerprint density at radius 1 is 1.00 bits per heavy atom. The summed E-state index contributed by atoms with van der Waals surface area (Å²) in [6.07, 6.45) is 1.83. The summed E-state index contributed by atoms with van der Waals surface area (Å²) in [5.41, 5.74) is 4.11. The lowest BCUT2D eigenvalue weighted by Gasteiger charge is -2.38. The van der Waals surface area contributed by atoms with Crippen LogP contribution in [-0.2, 0) is 17.6 Å². The minimum Gasteiger partial charge on any atom is -0.493 e. The molecule has 0 saturated heterocycles. The molecule has 3 aromatic rings. The molecule has 3 aromatic carbocycles. The molecule has 4 rings (SSSR count). The predicted molar refractivity (Wildman–Crippen MR) is 118 cm³/mol. The van der Waals surface area contributed by atoms with Gasteiger partial charge >= 0.3 is 0 Å². The van der Waals surface area contributed by atoms with E-state index in [4.69, 9.17) is 9.47 Å². The molecule has 160 valence electrons. The number of fused-ring (bicyclic) bond motifs is 1. The average Bonchev–Trinajstić information content (AvgIpc) is 2.82. The summed E-state index contributed by atoms with van der Waals surface area (Å²) in [5, 5.41) is 0. The number of carbonyl (C=O) groups is 1. The number of halogens is 1. The Morgan fingerprint density at radius 3 is 2.35 bits per heavy atom. The number of methoxy groups -OCH3 is 2. The van der Waals surface area contributed by atoms with E-state index >= 15 is 0 Å². The van der Waals surface area contributed by atoms with Crippen molar-refractivity contribution in [2.45, 2.75) is 25.3 Å². The largest absolute Gasteiger partial charge is 0.493 e. The van der Waals surface area contributed by atoms with Gasteiger partial charge in [0.05, 0.1) is 20.3 Å². The number of ether oxygens (including phenoxy) is 2. The molecular formula is C26H26FNO3. The monoisotopic (exact) mass is 419 g/mol. The zero-order valence-corrected chi connectivity index (χ0v) is 17.8. The highest BCUT2D eigenvalue weighted by molar-refractivity contribution is 5.78. The third-order valence-electron chi connectivity index (χ3n) is 5.85. The van der Waals surface area contributed by atoms with Gasteiger partial charge in [0, 0.05) is 13.0 Å². The topological polar surface area (TPSA) is 38.8 Å². The van der Waals surface area contributed by atoms with Crippen molar-refractivity contribution in [3.8, 4) is 11.5 Å². The van der Waals surface area contributed by atoms with E-state index in [1.54, 1.807) is 26.4 Å². The molecule has 0 N–H and O–H groups in total. The molecule has 0 bridgehead atoms. The number of nitrogens with zero attached hydrogens (tertiary/aromatic N) is 1. The van der Waals surface area contributed by atoms with Crippen LogP contribution in [0.2, 0.25) is 0 Å². The van der Waals surface area contributed by atoms with Crippen LogP contribution < -0.4 is 9.47 Å². The van der Waals surface area contributed by atoms with Gasteiger partial charge in [-0.25, -0.2) is 4.39 Å². The molecule has 0 saturated carbocycles. The molecule has 1 amide bonds. The van der Waals surface area contributed by atoms with Crippen molar-refractivity contribution in [1.82, 2.24) is 4.90 Å². The van der Waals surface area contributed by atoms with Crippen LogP contribution >= 0.6 is 0 Å². The Balaban J connectivity index is 1.69.